The molecule has 1 atom stereocenters. The molecule has 2 N–H and O–H groups in total. The first-order valence-corrected chi connectivity index (χ1v) is 2.68. The fourth-order valence-corrected chi connectivity index (χ4v) is 0.410. The van der Waals surface area contributed by atoms with E-state index in [2.05, 4.69) is 0 Å². The van der Waals surface area contributed by atoms with E-state index >= 15 is 0 Å². The summed E-state index contributed by atoms with van der Waals surface area (Å²) in [6, 6.07) is 0. The van der Waals surface area contributed by atoms with Crippen LogP contribution in [-0.2, 0) is 5.11 Å². The molecular formula is C5H11O3. The van der Waals surface area contributed by atoms with Crippen molar-refractivity contribution in [2.45, 2.75) is 18.9 Å². The van der Waals surface area contributed by atoms with Crippen molar-refractivity contribution < 1.29 is 15.3 Å². The Morgan fingerprint density at radius 1 is 1.50 bits per heavy atom. The van der Waals surface area contributed by atoms with Gasteiger partial charge in [-0.25, -0.2) is 5.11 Å². The van der Waals surface area contributed by atoms with Gasteiger partial charge >= 0.3 is 0 Å². The third kappa shape index (κ3) is 4.05. The van der Waals surface area contributed by atoms with E-state index in [9.17, 15) is 5.11 Å². The second kappa shape index (κ2) is 5.03. The summed E-state index contributed by atoms with van der Waals surface area (Å²) in [5.41, 5.74) is 0. The summed E-state index contributed by atoms with van der Waals surface area (Å²) in [6.07, 6.45) is 0.172. The lowest BCUT2D eigenvalue weighted by atomic mass is 10.2. The maximum atomic E-state index is 9.80. The van der Waals surface area contributed by atoms with Crippen molar-refractivity contribution in [2.24, 2.45) is 0 Å². The van der Waals surface area contributed by atoms with E-state index in [1.165, 1.54) is 0 Å². The molecule has 1 radical (unpaired) electrons. The highest BCUT2D eigenvalue weighted by Gasteiger charge is 1.99. The zero-order valence-electron chi connectivity index (χ0n) is 4.71. The molecule has 0 saturated carbocycles. The van der Waals surface area contributed by atoms with Crippen LogP contribution in [0, 0.1) is 0 Å². The molecule has 1 unspecified atom stereocenters. The van der Waals surface area contributed by atoms with E-state index in [4.69, 9.17) is 10.2 Å². The second-order valence-corrected chi connectivity index (χ2v) is 1.69. The van der Waals surface area contributed by atoms with E-state index in [1.807, 2.05) is 0 Å². The molecule has 3 nitrogen and oxygen atoms in total. The normalized spacial score (nSPS) is 13.9. The van der Waals surface area contributed by atoms with Crippen molar-refractivity contribution in [3.8, 4) is 0 Å². The summed E-state index contributed by atoms with van der Waals surface area (Å²) >= 11 is 0. The van der Waals surface area contributed by atoms with Crippen molar-refractivity contribution in [1.82, 2.24) is 0 Å². The smallest absolute Gasteiger partial charge is 0.108 e. The van der Waals surface area contributed by atoms with Gasteiger partial charge in [-0.05, 0) is 12.8 Å². The van der Waals surface area contributed by atoms with E-state index in [1.54, 1.807) is 0 Å². The monoisotopic (exact) mass is 119 g/mol. The topological polar surface area (TPSA) is 60.4 Å². The molecule has 8 heavy (non-hydrogen) atoms. The molecule has 0 heterocycles. The van der Waals surface area contributed by atoms with Crippen LogP contribution in [0.2, 0.25) is 0 Å². The Bertz CT molecular complexity index is 46.9. The fraction of sp³-hybridized carbons (Fsp3) is 1.00. The molecular weight excluding hydrogens is 108 g/mol. The Hall–Kier alpha value is -0.120. The van der Waals surface area contributed by atoms with Gasteiger partial charge in [0.2, 0.25) is 0 Å². The van der Waals surface area contributed by atoms with Gasteiger partial charge in [-0.3, -0.25) is 0 Å². The predicted molar refractivity (Wildman–Crippen MR) is 27.9 cm³/mol. The molecule has 0 aromatic carbocycles. The lowest BCUT2D eigenvalue weighted by Crippen LogP contribution is -2.10. The average molecular weight is 119 g/mol. The molecule has 0 aliphatic rings. The second-order valence-electron chi connectivity index (χ2n) is 1.69. The molecule has 0 aromatic heterocycles. The zero-order chi connectivity index (χ0) is 6.41. The highest BCUT2D eigenvalue weighted by molar-refractivity contribution is 4.50. The van der Waals surface area contributed by atoms with E-state index in [0.29, 0.717) is 12.8 Å². The summed E-state index contributed by atoms with van der Waals surface area (Å²) in [6.45, 7) is -0.406. The Morgan fingerprint density at radius 3 is 2.50 bits per heavy atom. The maximum absolute atomic E-state index is 9.80. The van der Waals surface area contributed by atoms with Crippen LogP contribution < -0.4 is 0 Å². The molecule has 0 amide bonds. The molecule has 0 bridgehead atoms. The van der Waals surface area contributed by atoms with E-state index < -0.39 is 12.7 Å². The number of rotatable bonds is 4. The summed E-state index contributed by atoms with van der Waals surface area (Å²) in [5.74, 6) is 0. The van der Waals surface area contributed by atoms with Crippen LogP contribution in [0.4, 0.5) is 0 Å². The van der Waals surface area contributed by atoms with Crippen molar-refractivity contribution in [3.05, 3.63) is 0 Å². The molecule has 0 saturated heterocycles. The molecule has 0 aromatic rings. The summed E-state index contributed by atoms with van der Waals surface area (Å²) in [5, 5.41) is 26.6. The molecule has 0 spiro atoms. The van der Waals surface area contributed by atoms with Gasteiger partial charge in [0, 0.05) is 6.61 Å². The highest BCUT2D eigenvalue weighted by Crippen LogP contribution is 1.93. The van der Waals surface area contributed by atoms with Crippen LogP contribution in [0.25, 0.3) is 0 Å². The van der Waals surface area contributed by atoms with Crippen LogP contribution in [0.3, 0.4) is 0 Å². The fourth-order valence-electron chi connectivity index (χ4n) is 0.410. The molecule has 0 aliphatic carbocycles. The maximum Gasteiger partial charge on any atom is 0.108 e. The van der Waals surface area contributed by atoms with Crippen LogP contribution in [0.5, 0.6) is 0 Å². The van der Waals surface area contributed by atoms with Gasteiger partial charge in [-0.1, -0.05) is 0 Å². The summed E-state index contributed by atoms with van der Waals surface area (Å²) in [4.78, 5) is 0. The van der Waals surface area contributed by atoms with E-state index in [0.717, 1.165) is 0 Å². The minimum Gasteiger partial charge on any atom is -0.396 e. The van der Waals surface area contributed by atoms with Crippen LogP contribution in [0.1, 0.15) is 12.8 Å². The number of aliphatic hydroxyl groups excluding tert-OH is 2. The number of aliphatic hydroxyl groups is 2. The van der Waals surface area contributed by atoms with E-state index in [-0.39, 0.29) is 6.61 Å². The van der Waals surface area contributed by atoms with Crippen molar-refractivity contribution in [1.29, 1.82) is 0 Å². The molecule has 0 rings (SSSR count). The standard InChI is InChI=1S/C5H11O3/c6-3-1-2-5(8)4-7/h5-6,8H,1-4H2. The summed E-state index contributed by atoms with van der Waals surface area (Å²) in [7, 11) is 0. The van der Waals surface area contributed by atoms with Crippen molar-refractivity contribution in [3.63, 3.8) is 0 Å². The summed E-state index contributed by atoms with van der Waals surface area (Å²) < 4.78 is 0. The van der Waals surface area contributed by atoms with Gasteiger partial charge in [0.15, 0.2) is 0 Å². The van der Waals surface area contributed by atoms with Crippen molar-refractivity contribution in [2.75, 3.05) is 13.2 Å². The largest absolute Gasteiger partial charge is 0.396 e. The lowest BCUT2D eigenvalue weighted by molar-refractivity contribution is 0.0458. The first-order chi connectivity index (χ1) is 3.81. The lowest BCUT2D eigenvalue weighted by Gasteiger charge is -2.01. The molecule has 0 aliphatic heterocycles. The first-order valence-electron chi connectivity index (χ1n) is 2.68. The predicted octanol–water partition coefficient (Wildman–Crippen LogP) is -0.450. The van der Waals surface area contributed by atoms with Gasteiger partial charge in [0.25, 0.3) is 0 Å². The SMILES string of the molecule is [O]CC(O)CCCO. The highest BCUT2D eigenvalue weighted by atomic mass is 16.3. The minimum atomic E-state index is -0.762. The van der Waals surface area contributed by atoms with Crippen LogP contribution in [0.15, 0.2) is 0 Å². The van der Waals surface area contributed by atoms with Gasteiger partial charge in [-0.15, -0.1) is 0 Å². The van der Waals surface area contributed by atoms with Gasteiger partial charge in [-0.2, -0.15) is 0 Å². The average Bonchev–Trinajstić information content (AvgIpc) is 1.83. The van der Waals surface area contributed by atoms with Crippen LogP contribution in [-0.4, -0.2) is 29.5 Å². The molecule has 3 heteroatoms. The number of hydrogen-bond acceptors (Lipinski definition) is 2. The first kappa shape index (κ1) is 7.88. The quantitative estimate of drug-likeness (QED) is 0.526. The Morgan fingerprint density at radius 2 is 2.12 bits per heavy atom. The van der Waals surface area contributed by atoms with Crippen molar-refractivity contribution >= 4 is 0 Å². The third-order valence-corrected chi connectivity index (χ3v) is 0.888. The van der Waals surface area contributed by atoms with Gasteiger partial charge in [0.1, 0.15) is 6.61 Å². The van der Waals surface area contributed by atoms with Gasteiger partial charge in [0.05, 0.1) is 6.10 Å². The van der Waals surface area contributed by atoms with Gasteiger partial charge < -0.3 is 10.2 Å². The third-order valence-electron chi connectivity index (χ3n) is 0.888. The molecule has 0 fully saturated rings. The number of hydrogen-bond donors (Lipinski definition) is 2. The Kier molecular flexibility index (Phi) is 4.95. The Balaban J connectivity index is 2.86. The van der Waals surface area contributed by atoms with Crippen LogP contribution >= 0.6 is 0 Å². The Labute approximate surface area is 48.6 Å². The zero-order valence-corrected chi connectivity index (χ0v) is 4.71. The minimum absolute atomic E-state index is 0.0526. The molecule has 49 valence electrons.